The fourth-order valence-electron chi connectivity index (χ4n) is 2.56. The molecule has 0 atom stereocenters. The van der Waals surface area contributed by atoms with Crippen LogP contribution in [-0.4, -0.2) is 23.0 Å². The Morgan fingerprint density at radius 3 is 2.43 bits per heavy atom. The van der Waals surface area contributed by atoms with Gasteiger partial charge in [-0.3, -0.25) is 10.1 Å². The normalized spacial score (nSPS) is 15.5. The molecule has 1 aliphatic rings. The fourth-order valence-corrected chi connectivity index (χ4v) is 2.56. The molecule has 0 radical (unpaired) electrons. The van der Waals surface area contributed by atoms with E-state index in [9.17, 15) is 10.1 Å². The van der Waals surface area contributed by atoms with Gasteiger partial charge in [-0.15, -0.1) is 0 Å². The summed E-state index contributed by atoms with van der Waals surface area (Å²) < 4.78 is 0. The summed E-state index contributed by atoms with van der Waals surface area (Å²) in [6, 6.07) is 3.00. The van der Waals surface area contributed by atoms with Crippen LogP contribution in [0.5, 0.6) is 0 Å². The molecule has 1 aliphatic carbocycles. The van der Waals surface area contributed by atoms with E-state index in [2.05, 4.69) is 22.5 Å². The molecule has 116 valence electrons. The highest BCUT2D eigenvalue weighted by Crippen LogP contribution is 2.49. The van der Waals surface area contributed by atoms with E-state index in [1.807, 2.05) is 6.92 Å². The molecule has 0 amide bonds. The van der Waals surface area contributed by atoms with Crippen molar-refractivity contribution in [3.05, 3.63) is 22.2 Å². The summed E-state index contributed by atoms with van der Waals surface area (Å²) in [4.78, 5) is 15.1. The Labute approximate surface area is 125 Å². The van der Waals surface area contributed by atoms with Crippen molar-refractivity contribution in [2.24, 2.45) is 5.41 Å². The van der Waals surface area contributed by atoms with Gasteiger partial charge >= 0.3 is 0 Å². The SMILES string of the molecule is CCCNc1cc([N+](=O)[O-])cc(NCC2(CCC)CC2)n1. The van der Waals surface area contributed by atoms with Gasteiger partial charge in [0, 0.05) is 13.1 Å². The second kappa shape index (κ2) is 6.74. The first-order valence-electron chi connectivity index (χ1n) is 7.73. The van der Waals surface area contributed by atoms with Crippen LogP contribution in [0, 0.1) is 15.5 Å². The van der Waals surface area contributed by atoms with Crippen molar-refractivity contribution in [2.75, 3.05) is 23.7 Å². The van der Waals surface area contributed by atoms with Crippen molar-refractivity contribution < 1.29 is 4.92 Å². The number of aromatic nitrogens is 1. The molecule has 0 spiro atoms. The number of nitrogens with zero attached hydrogens (tertiary/aromatic N) is 2. The Balaban J connectivity index is 2.06. The van der Waals surface area contributed by atoms with Crippen LogP contribution < -0.4 is 10.6 Å². The molecule has 1 saturated carbocycles. The predicted molar refractivity (Wildman–Crippen MR) is 84.7 cm³/mol. The number of nitrogens with one attached hydrogen (secondary N) is 2. The molecule has 1 aromatic heterocycles. The first-order valence-corrected chi connectivity index (χ1v) is 7.73. The minimum absolute atomic E-state index is 0.0754. The highest BCUT2D eigenvalue weighted by atomic mass is 16.6. The summed E-state index contributed by atoms with van der Waals surface area (Å²) in [6.45, 7) is 5.85. The number of pyridine rings is 1. The molecule has 1 fully saturated rings. The van der Waals surface area contributed by atoms with Gasteiger partial charge in [-0.2, -0.15) is 0 Å². The monoisotopic (exact) mass is 292 g/mol. The Morgan fingerprint density at radius 1 is 1.24 bits per heavy atom. The minimum atomic E-state index is -0.372. The number of hydrogen-bond donors (Lipinski definition) is 2. The van der Waals surface area contributed by atoms with Crippen LogP contribution in [0.1, 0.15) is 46.0 Å². The topological polar surface area (TPSA) is 80.1 Å². The average molecular weight is 292 g/mol. The molecule has 0 unspecified atom stereocenters. The Bertz CT molecular complexity index is 500. The van der Waals surface area contributed by atoms with Crippen LogP contribution in [0.3, 0.4) is 0 Å². The maximum atomic E-state index is 11.0. The summed E-state index contributed by atoms with van der Waals surface area (Å²) >= 11 is 0. The van der Waals surface area contributed by atoms with Gasteiger partial charge in [0.25, 0.3) is 5.69 Å². The summed E-state index contributed by atoms with van der Waals surface area (Å²) in [5, 5.41) is 17.4. The zero-order valence-electron chi connectivity index (χ0n) is 12.8. The van der Waals surface area contributed by atoms with E-state index in [1.54, 1.807) is 0 Å². The average Bonchev–Trinajstić information content (AvgIpc) is 3.23. The molecule has 21 heavy (non-hydrogen) atoms. The summed E-state index contributed by atoms with van der Waals surface area (Å²) in [6.07, 6.45) is 5.81. The van der Waals surface area contributed by atoms with Crippen LogP contribution >= 0.6 is 0 Å². The summed E-state index contributed by atoms with van der Waals surface area (Å²) in [7, 11) is 0. The van der Waals surface area contributed by atoms with E-state index >= 15 is 0 Å². The van der Waals surface area contributed by atoms with E-state index in [0.29, 0.717) is 17.1 Å². The molecular weight excluding hydrogens is 268 g/mol. The van der Waals surface area contributed by atoms with Crippen LogP contribution in [0.4, 0.5) is 17.3 Å². The van der Waals surface area contributed by atoms with E-state index in [0.717, 1.165) is 19.5 Å². The third kappa shape index (κ3) is 4.31. The zero-order valence-corrected chi connectivity index (χ0v) is 12.8. The largest absolute Gasteiger partial charge is 0.370 e. The van der Waals surface area contributed by atoms with Crippen molar-refractivity contribution in [3.63, 3.8) is 0 Å². The maximum absolute atomic E-state index is 11.0. The Morgan fingerprint density at radius 2 is 1.90 bits per heavy atom. The van der Waals surface area contributed by atoms with Crippen molar-refractivity contribution in [1.82, 2.24) is 4.98 Å². The maximum Gasteiger partial charge on any atom is 0.276 e. The molecule has 2 rings (SSSR count). The Hall–Kier alpha value is -1.85. The number of anilines is 2. The van der Waals surface area contributed by atoms with Crippen molar-refractivity contribution >= 4 is 17.3 Å². The molecule has 1 aromatic rings. The molecule has 0 aliphatic heterocycles. The lowest BCUT2D eigenvalue weighted by Crippen LogP contribution is -2.16. The predicted octanol–water partition coefficient (Wildman–Crippen LogP) is 3.80. The van der Waals surface area contributed by atoms with E-state index in [-0.39, 0.29) is 10.6 Å². The van der Waals surface area contributed by atoms with Crippen LogP contribution in [0.15, 0.2) is 12.1 Å². The summed E-state index contributed by atoms with van der Waals surface area (Å²) in [5.74, 6) is 1.15. The molecule has 1 heterocycles. The van der Waals surface area contributed by atoms with Gasteiger partial charge < -0.3 is 10.6 Å². The number of rotatable bonds is 9. The molecule has 6 nitrogen and oxygen atoms in total. The van der Waals surface area contributed by atoms with Gasteiger partial charge in [0.15, 0.2) is 0 Å². The molecule has 2 N–H and O–H groups in total. The third-order valence-electron chi connectivity index (χ3n) is 3.96. The van der Waals surface area contributed by atoms with Gasteiger partial charge in [-0.05, 0) is 31.1 Å². The molecule has 6 heteroatoms. The van der Waals surface area contributed by atoms with Gasteiger partial charge in [-0.1, -0.05) is 20.3 Å². The zero-order chi connectivity index (χ0) is 15.3. The molecule has 0 aromatic carbocycles. The molecular formula is C15H24N4O2. The highest BCUT2D eigenvalue weighted by molar-refractivity contribution is 5.54. The summed E-state index contributed by atoms with van der Waals surface area (Å²) in [5.41, 5.74) is 0.462. The number of nitro groups is 1. The van der Waals surface area contributed by atoms with Crippen molar-refractivity contribution in [3.8, 4) is 0 Å². The van der Waals surface area contributed by atoms with Crippen LogP contribution in [0.25, 0.3) is 0 Å². The number of hydrogen-bond acceptors (Lipinski definition) is 5. The molecule has 0 bridgehead atoms. The second-order valence-electron chi connectivity index (χ2n) is 5.88. The smallest absolute Gasteiger partial charge is 0.276 e. The first-order chi connectivity index (χ1) is 10.1. The van der Waals surface area contributed by atoms with Crippen LogP contribution in [0.2, 0.25) is 0 Å². The molecule has 0 saturated heterocycles. The van der Waals surface area contributed by atoms with Gasteiger partial charge in [-0.25, -0.2) is 4.98 Å². The minimum Gasteiger partial charge on any atom is -0.370 e. The quantitative estimate of drug-likeness (QED) is 0.534. The highest BCUT2D eigenvalue weighted by Gasteiger charge is 2.41. The standard InChI is InChI=1S/C15H24N4O2/c1-3-5-15(6-7-15)11-17-14-10-12(19(20)21)9-13(18-14)16-8-4-2/h9-10H,3-8,11H2,1-2H3,(H2,16,17,18). The fraction of sp³-hybridized carbons (Fsp3) is 0.667. The Kier molecular flexibility index (Phi) is 4.98. The van der Waals surface area contributed by atoms with E-state index in [1.165, 1.54) is 37.8 Å². The first kappa shape index (κ1) is 15.5. The lowest BCUT2D eigenvalue weighted by molar-refractivity contribution is -0.384. The van der Waals surface area contributed by atoms with Gasteiger partial charge in [0.2, 0.25) is 0 Å². The van der Waals surface area contributed by atoms with Crippen molar-refractivity contribution in [2.45, 2.75) is 46.0 Å². The lowest BCUT2D eigenvalue weighted by Gasteiger charge is -2.16. The van der Waals surface area contributed by atoms with Gasteiger partial charge in [0.1, 0.15) is 11.6 Å². The van der Waals surface area contributed by atoms with E-state index < -0.39 is 0 Å². The van der Waals surface area contributed by atoms with Gasteiger partial charge in [0.05, 0.1) is 17.1 Å². The second-order valence-corrected chi connectivity index (χ2v) is 5.88. The lowest BCUT2D eigenvalue weighted by atomic mass is 10.0. The van der Waals surface area contributed by atoms with E-state index in [4.69, 9.17) is 0 Å². The third-order valence-corrected chi connectivity index (χ3v) is 3.96. The van der Waals surface area contributed by atoms with Crippen LogP contribution in [-0.2, 0) is 0 Å². The van der Waals surface area contributed by atoms with Crippen molar-refractivity contribution in [1.29, 1.82) is 0 Å².